The van der Waals surface area contributed by atoms with Crippen LogP contribution < -0.4 is 10.6 Å². The molecule has 0 radical (unpaired) electrons. The molecule has 2 aromatic rings. The summed E-state index contributed by atoms with van der Waals surface area (Å²) in [6.45, 7) is 5.30. The van der Waals surface area contributed by atoms with Crippen LogP contribution in [0.1, 0.15) is 25.3 Å². The number of hydrogen-bond donors (Lipinski definition) is 2. The number of hydrogen-bond acceptors (Lipinski definition) is 2. The lowest BCUT2D eigenvalue weighted by atomic mass is 10.1. The van der Waals surface area contributed by atoms with Gasteiger partial charge in [0, 0.05) is 38.6 Å². The third-order valence-corrected chi connectivity index (χ3v) is 3.54. The molecule has 0 saturated carbocycles. The minimum absolute atomic E-state index is 0. The molecule has 138 valence electrons. The quantitative estimate of drug-likeness (QED) is 0.262. The largest absolute Gasteiger partial charge is 0.357 e. The van der Waals surface area contributed by atoms with Crippen LogP contribution in [0.5, 0.6) is 0 Å². The molecule has 1 heterocycles. The second-order valence-corrected chi connectivity index (χ2v) is 5.54. The minimum atomic E-state index is -0.174. The fraction of sp³-hybridized carbons (Fsp3) is 0.444. The summed E-state index contributed by atoms with van der Waals surface area (Å²) in [6.07, 6.45) is 6.47. The monoisotopic (exact) mass is 459 g/mol. The molecule has 2 rings (SSSR count). The molecule has 0 aliphatic rings. The highest BCUT2D eigenvalue weighted by molar-refractivity contribution is 14.0. The van der Waals surface area contributed by atoms with Crippen molar-refractivity contribution in [3.05, 3.63) is 54.1 Å². The van der Waals surface area contributed by atoms with E-state index in [4.69, 9.17) is 0 Å². The zero-order valence-electron chi connectivity index (χ0n) is 14.6. The van der Waals surface area contributed by atoms with Gasteiger partial charge in [-0.1, -0.05) is 12.1 Å². The highest BCUT2D eigenvalue weighted by Crippen LogP contribution is 2.05. The van der Waals surface area contributed by atoms with Gasteiger partial charge in [-0.05, 0) is 49.9 Å². The first kappa shape index (κ1) is 21.4. The highest BCUT2D eigenvalue weighted by Gasteiger charge is 1.99. The topological polar surface area (TPSA) is 54.2 Å². The second kappa shape index (κ2) is 12.7. The molecule has 0 bridgehead atoms. The fourth-order valence-corrected chi connectivity index (χ4v) is 2.39. The maximum Gasteiger partial charge on any atom is 0.191 e. The Bertz CT molecular complexity index is 616. The van der Waals surface area contributed by atoms with Crippen LogP contribution in [0, 0.1) is 5.82 Å². The first-order chi connectivity index (χ1) is 11.8. The Kier molecular flexibility index (Phi) is 10.9. The van der Waals surface area contributed by atoms with E-state index in [0.29, 0.717) is 0 Å². The van der Waals surface area contributed by atoms with Crippen molar-refractivity contribution in [1.82, 2.24) is 20.4 Å². The van der Waals surface area contributed by atoms with Crippen molar-refractivity contribution in [2.45, 2.75) is 32.7 Å². The third kappa shape index (κ3) is 8.85. The molecule has 0 saturated heterocycles. The average molecular weight is 459 g/mol. The molecule has 0 fully saturated rings. The number of guanidine groups is 1. The molecular weight excluding hydrogens is 432 g/mol. The normalized spacial score (nSPS) is 11.0. The SMILES string of the molecule is CCNC(=NCCCn1cccn1)NCCCc1cccc(F)c1.I. The van der Waals surface area contributed by atoms with E-state index in [0.717, 1.165) is 57.0 Å². The maximum absolute atomic E-state index is 13.1. The third-order valence-electron chi connectivity index (χ3n) is 3.54. The van der Waals surface area contributed by atoms with Crippen molar-refractivity contribution in [2.24, 2.45) is 4.99 Å². The number of rotatable bonds is 9. The van der Waals surface area contributed by atoms with E-state index in [1.54, 1.807) is 18.3 Å². The Morgan fingerprint density at radius 2 is 2.12 bits per heavy atom. The zero-order chi connectivity index (χ0) is 17.0. The van der Waals surface area contributed by atoms with Crippen LogP contribution in [0.15, 0.2) is 47.7 Å². The lowest BCUT2D eigenvalue weighted by Crippen LogP contribution is -2.38. The molecule has 5 nitrogen and oxygen atoms in total. The van der Waals surface area contributed by atoms with Crippen LogP contribution >= 0.6 is 24.0 Å². The molecule has 0 amide bonds. The Hall–Kier alpha value is -1.64. The van der Waals surface area contributed by atoms with Gasteiger partial charge in [-0.15, -0.1) is 24.0 Å². The van der Waals surface area contributed by atoms with Crippen molar-refractivity contribution in [2.75, 3.05) is 19.6 Å². The van der Waals surface area contributed by atoms with Gasteiger partial charge in [-0.2, -0.15) is 5.10 Å². The summed E-state index contributed by atoms with van der Waals surface area (Å²) in [7, 11) is 0. The first-order valence-electron chi connectivity index (χ1n) is 8.52. The number of aromatic nitrogens is 2. The summed E-state index contributed by atoms with van der Waals surface area (Å²) >= 11 is 0. The number of benzene rings is 1. The van der Waals surface area contributed by atoms with E-state index in [9.17, 15) is 4.39 Å². The Morgan fingerprint density at radius 1 is 1.24 bits per heavy atom. The molecule has 0 atom stereocenters. The molecule has 1 aromatic heterocycles. The summed E-state index contributed by atoms with van der Waals surface area (Å²) < 4.78 is 15.0. The number of halogens is 2. The highest BCUT2D eigenvalue weighted by atomic mass is 127. The number of aliphatic imine (C=N–C) groups is 1. The fourth-order valence-electron chi connectivity index (χ4n) is 2.39. The summed E-state index contributed by atoms with van der Waals surface area (Å²) in [5.41, 5.74) is 1.03. The van der Waals surface area contributed by atoms with Crippen LogP contribution in [-0.2, 0) is 13.0 Å². The number of aryl methyl sites for hydroxylation is 2. The van der Waals surface area contributed by atoms with Crippen LogP contribution in [0.25, 0.3) is 0 Å². The van der Waals surface area contributed by atoms with Gasteiger partial charge < -0.3 is 10.6 Å². The molecule has 2 N–H and O–H groups in total. The van der Waals surface area contributed by atoms with Gasteiger partial charge in [-0.3, -0.25) is 9.67 Å². The molecule has 7 heteroatoms. The average Bonchev–Trinajstić information content (AvgIpc) is 3.09. The molecule has 0 aliphatic carbocycles. The predicted molar refractivity (Wildman–Crippen MR) is 111 cm³/mol. The van der Waals surface area contributed by atoms with Crippen LogP contribution in [0.4, 0.5) is 4.39 Å². The van der Waals surface area contributed by atoms with E-state index >= 15 is 0 Å². The Morgan fingerprint density at radius 3 is 2.84 bits per heavy atom. The summed E-state index contributed by atoms with van der Waals surface area (Å²) in [5.74, 6) is 0.657. The van der Waals surface area contributed by atoms with Crippen LogP contribution in [0.3, 0.4) is 0 Å². The first-order valence-corrected chi connectivity index (χ1v) is 8.52. The Labute approximate surface area is 166 Å². The molecule has 0 unspecified atom stereocenters. The lowest BCUT2D eigenvalue weighted by Gasteiger charge is -2.11. The standard InChI is InChI=1S/C18H26FN5.HI/c1-2-20-18(22-11-5-13-24-14-6-12-23-24)21-10-4-8-16-7-3-9-17(19)15-16;/h3,6-7,9,12,14-15H,2,4-5,8,10-11,13H2,1H3,(H2,20,21,22);1H. The van der Waals surface area contributed by atoms with Crippen molar-refractivity contribution in [3.8, 4) is 0 Å². The Balaban J connectivity index is 0.00000312. The molecule has 0 aliphatic heterocycles. The maximum atomic E-state index is 13.1. The van der Waals surface area contributed by atoms with Crippen molar-refractivity contribution < 1.29 is 4.39 Å². The van der Waals surface area contributed by atoms with E-state index in [1.165, 1.54) is 6.07 Å². The molecule has 25 heavy (non-hydrogen) atoms. The second-order valence-electron chi connectivity index (χ2n) is 5.54. The van der Waals surface area contributed by atoms with Crippen LogP contribution in [-0.4, -0.2) is 35.4 Å². The van der Waals surface area contributed by atoms with Crippen LogP contribution in [0.2, 0.25) is 0 Å². The summed E-state index contributed by atoms with van der Waals surface area (Å²) in [6, 6.07) is 8.70. The van der Waals surface area contributed by atoms with Gasteiger partial charge in [0.1, 0.15) is 5.82 Å². The number of nitrogens with one attached hydrogen (secondary N) is 2. The molecule has 1 aromatic carbocycles. The number of nitrogens with zero attached hydrogens (tertiary/aromatic N) is 3. The summed E-state index contributed by atoms with van der Waals surface area (Å²) in [4.78, 5) is 4.56. The van der Waals surface area contributed by atoms with Gasteiger partial charge in [0.15, 0.2) is 5.96 Å². The van der Waals surface area contributed by atoms with E-state index in [2.05, 4.69) is 20.7 Å². The van der Waals surface area contributed by atoms with Crippen molar-refractivity contribution in [3.63, 3.8) is 0 Å². The molecule has 0 spiro atoms. The van der Waals surface area contributed by atoms with Gasteiger partial charge >= 0.3 is 0 Å². The smallest absolute Gasteiger partial charge is 0.191 e. The van der Waals surface area contributed by atoms with Gasteiger partial charge in [-0.25, -0.2) is 4.39 Å². The molecular formula is C18H27FIN5. The predicted octanol–water partition coefficient (Wildman–Crippen LogP) is 3.22. The lowest BCUT2D eigenvalue weighted by molar-refractivity contribution is 0.583. The summed E-state index contributed by atoms with van der Waals surface area (Å²) in [5, 5.41) is 10.7. The van der Waals surface area contributed by atoms with E-state index in [1.807, 2.05) is 29.9 Å². The van der Waals surface area contributed by atoms with E-state index in [-0.39, 0.29) is 29.8 Å². The van der Waals surface area contributed by atoms with Gasteiger partial charge in [0.2, 0.25) is 0 Å². The van der Waals surface area contributed by atoms with Gasteiger partial charge in [0.25, 0.3) is 0 Å². The zero-order valence-corrected chi connectivity index (χ0v) is 16.9. The van der Waals surface area contributed by atoms with E-state index < -0.39 is 0 Å². The van der Waals surface area contributed by atoms with Crippen molar-refractivity contribution in [1.29, 1.82) is 0 Å². The minimum Gasteiger partial charge on any atom is -0.357 e. The van der Waals surface area contributed by atoms with Gasteiger partial charge in [0.05, 0.1) is 0 Å². The van der Waals surface area contributed by atoms with Crippen molar-refractivity contribution >= 4 is 29.9 Å².